The van der Waals surface area contributed by atoms with Gasteiger partial charge in [0.2, 0.25) is 0 Å². The van der Waals surface area contributed by atoms with Gasteiger partial charge in [-0.15, -0.1) is 22.9 Å². The molecule has 0 saturated carbocycles. The molecule has 0 aliphatic carbocycles. The number of azo groups is 2. The van der Waals surface area contributed by atoms with Crippen molar-refractivity contribution in [1.82, 2.24) is 0 Å². The molecular weight excluding hydrogens is 574 g/mol. The van der Waals surface area contributed by atoms with Crippen LogP contribution in [0, 0.1) is 0 Å². The van der Waals surface area contributed by atoms with Crippen molar-refractivity contribution in [2.75, 3.05) is 5.73 Å². The Labute approximate surface area is 223 Å². The molecule has 14 nitrogen and oxygen atoms in total. The van der Waals surface area contributed by atoms with Crippen LogP contribution in [0.15, 0.2) is 109 Å². The maximum absolute atomic E-state index is 12.0. The van der Waals surface area contributed by atoms with Crippen molar-refractivity contribution in [2.45, 2.75) is 9.79 Å². The van der Waals surface area contributed by atoms with E-state index in [0.29, 0.717) is 11.1 Å². The molecule has 0 aromatic heterocycles. The standard InChI is InChI=1S/C22H17N5O6S2.O3S/c23-17-10-12-19(22-16(17)7-4-8-20(22)34(28,29)30)27-26-18-11-9-15(13-21(18)35(31,32)33)25-24-14-5-2-1-3-6-14;1-4(2)3/h1-13H,23H2,(H,28,29,30)(H,31,32,33);. The first kappa shape index (κ1) is 29.1. The number of hydrogen-bond acceptors (Lipinski definition) is 12. The van der Waals surface area contributed by atoms with Gasteiger partial charge in [-0.3, -0.25) is 9.11 Å². The lowest BCUT2D eigenvalue weighted by atomic mass is 10.1. The molecule has 0 amide bonds. The quantitative estimate of drug-likeness (QED) is 0.158. The van der Waals surface area contributed by atoms with E-state index < -0.39 is 40.6 Å². The maximum Gasteiger partial charge on any atom is 0.425 e. The van der Waals surface area contributed by atoms with Gasteiger partial charge in [-0.25, -0.2) is 0 Å². The average molecular weight is 592 g/mol. The number of rotatable bonds is 6. The minimum Gasteiger partial charge on any atom is -0.398 e. The van der Waals surface area contributed by atoms with Gasteiger partial charge in [0.05, 0.1) is 17.1 Å². The summed E-state index contributed by atoms with van der Waals surface area (Å²) in [4.78, 5) is -1.02. The summed E-state index contributed by atoms with van der Waals surface area (Å²) < 4.78 is 92.4. The third-order valence-electron chi connectivity index (χ3n) is 4.82. The molecule has 39 heavy (non-hydrogen) atoms. The number of benzene rings is 4. The van der Waals surface area contributed by atoms with Crippen molar-refractivity contribution < 1.29 is 38.6 Å². The fourth-order valence-corrected chi connectivity index (χ4v) is 4.61. The molecule has 0 radical (unpaired) electrons. The highest BCUT2D eigenvalue weighted by Crippen LogP contribution is 2.37. The van der Waals surface area contributed by atoms with Gasteiger partial charge in [-0.05, 0) is 48.5 Å². The molecule has 0 spiro atoms. The molecule has 202 valence electrons. The molecule has 4 N–H and O–H groups in total. The van der Waals surface area contributed by atoms with Gasteiger partial charge in [0.15, 0.2) is 0 Å². The van der Waals surface area contributed by atoms with Crippen LogP contribution in [0.1, 0.15) is 0 Å². The van der Waals surface area contributed by atoms with Crippen LogP contribution >= 0.6 is 0 Å². The number of hydrogen-bond donors (Lipinski definition) is 3. The first-order chi connectivity index (χ1) is 18.3. The lowest BCUT2D eigenvalue weighted by Gasteiger charge is -2.09. The van der Waals surface area contributed by atoms with Crippen molar-refractivity contribution in [3.05, 3.63) is 78.9 Å². The number of fused-ring (bicyclic) bond motifs is 1. The van der Waals surface area contributed by atoms with Crippen LogP contribution in [0.2, 0.25) is 0 Å². The molecule has 17 heteroatoms. The van der Waals surface area contributed by atoms with Crippen LogP contribution in [-0.2, 0) is 30.8 Å². The van der Waals surface area contributed by atoms with E-state index in [4.69, 9.17) is 18.4 Å². The third kappa shape index (κ3) is 7.79. The molecular formula is C22H17N5O9S3. The summed E-state index contributed by atoms with van der Waals surface area (Å²) in [6.45, 7) is 0. The summed E-state index contributed by atoms with van der Waals surface area (Å²) >= 11 is 0. The predicted molar refractivity (Wildman–Crippen MR) is 139 cm³/mol. The average Bonchev–Trinajstić information content (AvgIpc) is 2.86. The first-order valence-corrected chi connectivity index (χ1v) is 14.2. The molecule has 0 fully saturated rings. The Hall–Kier alpha value is -4.42. The lowest BCUT2D eigenvalue weighted by molar-refractivity contribution is 0.481. The van der Waals surface area contributed by atoms with E-state index >= 15 is 0 Å². The van der Waals surface area contributed by atoms with E-state index in [0.717, 1.165) is 6.07 Å². The SMILES string of the molecule is Nc1ccc(N=Nc2ccc(N=Nc3ccccc3)cc2S(=O)(=O)O)c2c(S(=O)(=O)O)cccc12.O=S(=O)=O. The summed E-state index contributed by atoms with van der Waals surface area (Å²) in [5, 5.41) is 16.1. The Balaban J connectivity index is 0.000000983. The van der Waals surface area contributed by atoms with E-state index in [1.807, 2.05) is 0 Å². The number of nitrogen functional groups attached to an aromatic ring is 1. The highest BCUT2D eigenvalue weighted by atomic mass is 32.2. The Morgan fingerprint density at radius 3 is 1.79 bits per heavy atom. The zero-order chi connectivity index (χ0) is 28.8. The van der Waals surface area contributed by atoms with Gasteiger partial charge in [0, 0.05) is 16.5 Å². The van der Waals surface area contributed by atoms with Crippen molar-refractivity contribution >= 4 is 70.1 Å². The minimum atomic E-state index is -4.74. The maximum atomic E-state index is 12.0. The largest absolute Gasteiger partial charge is 0.425 e. The summed E-state index contributed by atoms with van der Waals surface area (Å²) in [5.74, 6) is 0. The van der Waals surface area contributed by atoms with E-state index in [1.54, 1.807) is 30.3 Å². The highest BCUT2D eigenvalue weighted by Gasteiger charge is 2.19. The highest BCUT2D eigenvalue weighted by molar-refractivity contribution is 7.86. The van der Waals surface area contributed by atoms with Crippen molar-refractivity contribution in [2.24, 2.45) is 20.5 Å². The van der Waals surface area contributed by atoms with Crippen LogP contribution in [0.25, 0.3) is 10.8 Å². The molecule has 0 aliphatic rings. The molecule has 4 aromatic carbocycles. The van der Waals surface area contributed by atoms with Crippen molar-refractivity contribution in [3.8, 4) is 0 Å². The van der Waals surface area contributed by atoms with Crippen LogP contribution in [0.4, 0.5) is 28.4 Å². The fraction of sp³-hybridized carbons (Fsp3) is 0. The molecule has 0 saturated heterocycles. The molecule has 4 rings (SSSR count). The molecule has 0 atom stereocenters. The zero-order valence-electron chi connectivity index (χ0n) is 19.3. The third-order valence-corrected chi connectivity index (χ3v) is 6.59. The van der Waals surface area contributed by atoms with Crippen LogP contribution in [0.3, 0.4) is 0 Å². The van der Waals surface area contributed by atoms with Gasteiger partial charge < -0.3 is 5.73 Å². The molecule has 0 bridgehead atoms. The monoisotopic (exact) mass is 591 g/mol. The smallest absolute Gasteiger partial charge is 0.398 e. The summed E-state index contributed by atoms with van der Waals surface area (Å²) in [6.07, 6.45) is 0. The predicted octanol–water partition coefficient (Wildman–Crippen LogP) is 4.74. The van der Waals surface area contributed by atoms with Crippen molar-refractivity contribution in [3.63, 3.8) is 0 Å². The van der Waals surface area contributed by atoms with Gasteiger partial charge in [-0.2, -0.15) is 27.1 Å². The van der Waals surface area contributed by atoms with E-state index in [1.165, 1.54) is 42.5 Å². The zero-order valence-corrected chi connectivity index (χ0v) is 21.8. The Morgan fingerprint density at radius 1 is 0.615 bits per heavy atom. The van der Waals surface area contributed by atoms with E-state index in [-0.39, 0.29) is 28.1 Å². The Bertz CT molecular complexity index is 1920. The Morgan fingerprint density at radius 2 is 1.18 bits per heavy atom. The van der Waals surface area contributed by atoms with Crippen molar-refractivity contribution in [1.29, 1.82) is 0 Å². The topological polar surface area (TPSA) is 235 Å². The lowest BCUT2D eigenvalue weighted by Crippen LogP contribution is -2.00. The van der Waals surface area contributed by atoms with Crippen LogP contribution in [0.5, 0.6) is 0 Å². The van der Waals surface area contributed by atoms with Gasteiger partial charge in [0.25, 0.3) is 20.2 Å². The van der Waals surface area contributed by atoms with Gasteiger partial charge in [0.1, 0.15) is 15.5 Å². The second-order valence-electron chi connectivity index (χ2n) is 7.39. The summed E-state index contributed by atoms with van der Waals surface area (Å²) in [6, 6.07) is 19.4. The first-order valence-electron chi connectivity index (χ1n) is 10.3. The van der Waals surface area contributed by atoms with Crippen LogP contribution in [-0.4, -0.2) is 38.6 Å². The number of nitrogens with zero attached hydrogens (tertiary/aromatic N) is 4. The van der Waals surface area contributed by atoms with E-state index in [2.05, 4.69) is 20.5 Å². The number of anilines is 1. The van der Waals surface area contributed by atoms with Crippen LogP contribution < -0.4 is 5.73 Å². The van der Waals surface area contributed by atoms with E-state index in [9.17, 15) is 25.9 Å². The molecule has 4 aromatic rings. The summed E-state index contributed by atoms with van der Waals surface area (Å²) in [5.41, 5.74) is 6.59. The molecule has 0 aliphatic heterocycles. The minimum absolute atomic E-state index is 0.000405. The fourth-order valence-electron chi connectivity index (χ4n) is 3.25. The molecule has 0 heterocycles. The second kappa shape index (κ2) is 12.0. The van der Waals surface area contributed by atoms with Gasteiger partial charge >= 0.3 is 10.6 Å². The number of nitrogens with two attached hydrogens (primary N) is 1. The molecule has 0 unspecified atom stereocenters. The second-order valence-corrected chi connectivity index (χ2v) is 10.6. The summed E-state index contributed by atoms with van der Waals surface area (Å²) in [7, 11) is -12.5. The van der Waals surface area contributed by atoms with Gasteiger partial charge in [-0.1, -0.05) is 30.3 Å². The Kier molecular flexibility index (Phi) is 8.94. The normalized spacial score (nSPS) is 11.9.